The predicted octanol–water partition coefficient (Wildman–Crippen LogP) is 4.53. The van der Waals surface area contributed by atoms with Gasteiger partial charge in [0.25, 0.3) is 5.56 Å². The Kier molecular flexibility index (Phi) is 5.21. The van der Waals surface area contributed by atoms with E-state index < -0.39 is 11.6 Å². The maximum absolute atomic E-state index is 13.6. The van der Waals surface area contributed by atoms with Gasteiger partial charge in [0.1, 0.15) is 6.10 Å². The van der Waals surface area contributed by atoms with E-state index >= 15 is 0 Å². The third-order valence-electron chi connectivity index (χ3n) is 6.65. The quantitative estimate of drug-likeness (QED) is 0.456. The van der Waals surface area contributed by atoms with Crippen molar-refractivity contribution in [2.45, 2.75) is 32.4 Å². The predicted molar refractivity (Wildman–Crippen MR) is 136 cm³/mol. The lowest BCUT2D eigenvalue weighted by Crippen LogP contribution is -2.39. The van der Waals surface area contributed by atoms with Crippen LogP contribution in [0, 0.1) is 6.92 Å². The van der Waals surface area contributed by atoms with Gasteiger partial charge in [-0.1, -0.05) is 60.2 Å². The lowest BCUT2D eigenvalue weighted by molar-refractivity contribution is -0.00302. The molecule has 0 bridgehead atoms. The van der Waals surface area contributed by atoms with Crippen LogP contribution in [-0.2, 0) is 24.4 Å². The molecule has 174 valence electrons. The smallest absolute Gasteiger partial charge is 0.331 e. The fourth-order valence-electron chi connectivity index (χ4n) is 5.00. The van der Waals surface area contributed by atoms with Crippen LogP contribution >= 0.6 is 0 Å². The van der Waals surface area contributed by atoms with E-state index in [1.54, 1.807) is 11.6 Å². The van der Waals surface area contributed by atoms with Crippen LogP contribution in [0.4, 0.5) is 0 Å². The van der Waals surface area contributed by atoms with Gasteiger partial charge in [-0.2, -0.15) is 0 Å². The van der Waals surface area contributed by atoms with Gasteiger partial charge in [0, 0.05) is 14.1 Å². The number of hydrogen-bond acceptors (Lipinski definition) is 3. The Bertz CT molecular complexity index is 1550. The van der Waals surface area contributed by atoms with E-state index in [0.717, 1.165) is 28.1 Å². The molecule has 5 rings (SSSR count). The normalized spacial score (nSPS) is 17.4. The highest BCUT2D eigenvalue weighted by molar-refractivity contribution is 5.96. The van der Waals surface area contributed by atoms with Gasteiger partial charge >= 0.3 is 5.69 Å². The van der Waals surface area contributed by atoms with Gasteiger partial charge in [0.15, 0.2) is 0 Å². The molecular formula is C28H29N3O3. The van der Waals surface area contributed by atoms with Crippen LogP contribution in [0.5, 0.6) is 0 Å². The van der Waals surface area contributed by atoms with Crippen molar-refractivity contribution < 1.29 is 4.74 Å². The molecule has 2 aromatic heterocycles. The second-order valence-corrected chi connectivity index (χ2v) is 9.68. The number of aromatic nitrogens is 3. The average molecular weight is 456 g/mol. The minimum absolute atomic E-state index is 0.293. The summed E-state index contributed by atoms with van der Waals surface area (Å²) in [5.41, 5.74) is 4.33. The molecule has 1 unspecified atom stereocenters. The topological polar surface area (TPSA) is 58.2 Å². The molecule has 2 aromatic carbocycles. The summed E-state index contributed by atoms with van der Waals surface area (Å²) in [6, 6.07) is 18.2. The Morgan fingerprint density at radius 2 is 1.74 bits per heavy atom. The summed E-state index contributed by atoms with van der Waals surface area (Å²) in [4.78, 5) is 26.6. The third kappa shape index (κ3) is 3.37. The number of ether oxygens (including phenoxy) is 1. The Morgan fingerprint density at radius 3 is 2.44 bits per heavy atom. The maximum Gasteiger partial charge on any atom is 0.331 e. The molecule has 34 heavy (non-hydrogen) atoms. The molecule has 6 nitrogen and oxygen atoms in total. The van der Waals surface area contributed by atoms with E-state index in [4.69, 9.17) is 4.74 Å². The Morgan fingerprint density at radius 1 is 1.00 bits per heavy atom. The molecule has 1 aliphatic heterocycles. The van der Waals surface area contributed by atoms with Crippen LogP contribution in [0.15, 0.2) is 70.3 Å². The molecule has 0 fully saturated rings. The maximum atomic E-state index is 13.6. The first-order chi connectivity index (χ1) is 16.2. The third-order valence-corrected chi connectivity index (χ3v) is 6.65. The van der Waals surface area contributed by atoms with Gasteiger partial charge in [-0.3, -0.25) is 13.9 Å². The van der Waals surface area contributed by atoms with Crippen LogP contribution in [0.3, 0.4) is 0 Å². The molecular weight excluding hydrogens is 426 g/mol. The first-order valence-corrected chi connectivity index (χ1v) is 11.5. The van der Waals surface area contributed by atoms with Crippen molar-refractivity contribution in [2.24, 2.45) is 14.1 Å². The highest BCUT2D eigenvalue weighted by Gasteiger charge is 2.39. The molecule has 0 spiro atoms. The second-order valence-electron chi connectivity index (χ2n) is 9.68. The number of rotatable bonds is 3. The monoisotopic (exact) mass is 455 g/mol. The zero-order chi connectivity index (χ0) is 24.2. The minimum Gasteiger partial charge on any atom is -0.365 e. The SMILES string of the molecule is Cc1cccc(-c2c3c(=O)n(C)c(=O)n(C)c3c3n2C(C)(C)COC3/C=C/c2ccccc2)c1. The van der Waals surface area contributed by atoms with Crippen molar-refractivity contribution in [3.05, 3.63) is 98.3 Å². The summed E-state index contributed by atoms with van der Waals surface area (Å²) in [6.45, 7) is 6.72. The molecule has 1 aliphatic rings. The molecule has 4 aromatic rings. The lowest BCUT2D eigenvalue weighted by atomic mass is 10.00. The minimum atomic E-state index is -0.425. The molecule has 3 heterocycles. The fourth-order valence-corrected chi connectivity index (χ4v) is 5.00. The number of nitrogens with zero attached hydrogens (tertiary/aromatic N) is 3. The van der Waals surface area contributed by atoms with Crippen molar-refractivity contribution in [1.29, 1.82) is 0 Å². The summed E-state index contributed by atoms with van der Waals surface area (Å²) < 4.78 is 11.3. The van der Waals surface area contributed by atoms with E-state index in [9.17, 15) is 9.59 Å². The summed E-state index contributed by atoms with van der Waals surface area (Å²) in [7, 11) is 3.26. The highest BCUT2D eigenvalue weighted by atomic mass is 16.5. The largest absolute Gasteiger partial charge is 0.365 e. The number of hydrogen-bond donors (Lipinski definition) is 0. The van der Waals surface area contributed by atoms with Gasteiger partial charge in [0.2, 0.25) is 0 Å². The average Bonchev–Trinajstić information content (AvgIpc) is 3.19. The summed E-state index contributed by atoms with van der Waals surface area (Å²) in [5.74, 6) is 0. The lowest BCUT2D eigenvalue weighted by Gasteiger charge is -2.38. The van der Waals surface area contributed by atoms with E-state index in [1.165, 1.54) is 11.6 Å². The zero-order valence-electron chi connectivity index (χ0n) is 20.2. The molecule has 0 N–H and O–H groups in total. The van der Waals surface area contributed by atoms with Gasteiger partial charge in [-0.25, -0.2) is 4.79 Å². The van der Waals surface area contributed by atoms with E-state index in [1.807, 2.05) is 67.6 Å². The molecule has 0 saturated carbocycles. The van der Waals surface area contributed by atoms with Gasteiger partial charge in [-0.05, 0) is 44.0 Å². The van der Waals surface area contributed by atoms with Crippen LogP contribution in [0.25, 0.3) is 28.2 Å². The van der Waals surface area contributed by atoms with Gasteiger partial charge in [0.05, 0.1) is 34.4 Å². The Labute approximate surface area is 198 Å². The van der Waals surface area contributed by atoms with Gasteiger partial charge < -0.3 is 9.30 Å². The van der Waals surface area contributed by atoms with Crippen LogP contribution in [0.1, 0.15) is 36.8 Å². The molecule has 0 amide bonds. The first kappa shape index (κ1) is 22.2. The van der Waals surface area contributed by atoms with Crippen molar-refractivity contribution >= 4 is 17.0 Å². The first-order valence-electron chi connectivity index (χ1n) is 11.5. The fraction of sp³-hybridized carbons (Fsp3) is 0.286. The van der Waals surface area contributed by atoms with Crippen molar-refractivity contribution in [1.82, 2.24) is 13.7 Å². The molecule has 0 aliphatic carbocycles. The van der Waals surface area contributed by atoms with Crippen LogP contribution < -0.4 is 11.2 Å². The summed E-state index contributed by atoms with van der Waals surface area (Å²) >= 11 is 0. The van der Waals surface area contributed by atoms with Crippen LogP contribution in [-0.4, -0.2) is 20.3 Å². The number of fused-ring (bicyclic) bond motifs is 3. The van der Waals surface area contributed by atoms with E-state index in [-0.39, 0.29) is 11.2 Å². The molecule has 0 saturated heterocycles. The zero-order valence-corrected chi connectivity index (χ0v) is 20.2. The summed E-state index contributed by atoms with van der Waals surface area (Å²) in [5, 5.41) is 0.543. The molecule has 1 atom stereocenters. The Balaban J connectivity index is 1.91. The molecule has 6 heteroatoms. The number of benzene rings is 2. The van der Waals surface area contributed by atoms with Crippen molar-refractivity contribution in [3.8, 4) is 11.3 Å². The Hall–Kier alpha value is -3.64. The summed E-state index contributed by atoms with van der Waals surface area (Å²) in [6.07, 6.45) is 3.63. The highest BCUT2D eigenvalue weighted by Crippen LogP contribution is 2.44. The van der Waals surface area contributed by atoms with Gasteiger partial charge in [-0.15, -0.1) is 0 Å². The standard InChI is InChI=1S/C28H29N3O3/c1-18-10-9-13-20(16-18)23-22-25(29(4)27(33)30(5)26(22)32)24-21(34-17-28(2,3)31(23)24)15-14-19-11-7-6-8-12-19/h6-16,21H,17H2,1-5H3/b15-14+. The number of aryl methyl sites for hydroxylation is 2. The van der Waals surface area contributed by atoms with E-state index in [0.29, 0.717) is 17.5 Å². The second kappa shape index (κ2) is 7.99. The molecule has 0 radical (unpaired) electrons. The van der Waals surface area contributed by atoms with Crippen molar-refractivity contribution in [2.75, 3.05) is 6.61 Å². The van der Waals surface area contributed by atoms with Crippen LogP contribution in [0.2, 0.25) is 0 Å². The van der Waals surface area contributed by atoms with Crippen molar-refractivity contribution in [3.63, 3.8) is 0 Å². The van der Waals surface area contributed by atoms with E-state index in [2.05, 4.69) is 24.5 Å².